The van der Waals surface area contributed by atoms with Crippen LogP contribution in [-0.4, -0.2) is 81.9 Å². The van der Waals surface area contributed by atoms with E-state index in [1.54, 1.807) is 30.7 Å². The number of hydrogen-bond acceptors (Lipinski definition) is 4. The second-order valence-corrected chi connectivity index (χ2v) is 12.2. The van der Waals surface area contributed by atoms with E-state index < -0.39 is 17.6 Å². The summed E-state index contributed by atoms with van der Waals surface area (Å²) in [4.78, 5) is 46.7. The predicted octanol–water partition coefficient (Wildman–Crippen LogP) is 5.94. The van der Waals surface area contributed by atoms with Gasteiger partial charge in [0.1, 0.15) is 17.3 Å². The Morgan fingerprint density at radius 3 is 1.80 bits per heavy atom. The van der Waals surface area contributed by atoms with Crippen LogP contribution in [0.5, 0.6) is 0 Å². The summed E-state index contributed by atoms with van der Waals surface area (Å²) in [5, 5.41) is 9.74. The van der Waals surface area contributed by atoms with E-state index in [4.69, 9.17) is 0 Å². The van der Waals surface area contributed by atoms with E-state index in [2.05, 4.69) is 41.3 Å². The quantitative estimate of drug-likeness (QED) is 0.300. The average Bonchev–Trinajstić information content (AvgIpc) is 3.44. The first-order chi connectivity index (χ1) is 22.2. The van der Waals surface area contributed by atoms with Crippen LogP contribution in [0.3, 0.4) is 0 Å². The van der Waals surface area contributed by atoms with Crippen molar-refractivity contribution in [3.8, 4) is 0 Å². The van der Waals surface area contributed by atoms with Gasteiger partial charge in [-0.15, -0.1) is 0 Å². The van der Waals surface area contributed by atoms with Gasteiger partial charge < -0.3 is 24.7 Å². The van der Waals surface area contributed by atoms with E-state index in [1.165, 1.54) is 11.9 Å². The largest absolute Gasteiger partial charge is 0.480 e. The summed E-state index contributed by atoms with van der Waals surface area (Å²) in [6, 6.07) is 29.1. The first-order valence-corrected chi connectivity index (χ1v) is 15.7. The molecule has 0 radical (unpaired) electrons. The number of benzene rings is 3. The van der Waals surface area contributed by atoms with Gasteiger partial charge >= 0.3 is 12.0 Å². The van der Waals surface area contributed by atoms with Crippen molar-refractivity contribution in [2.24, 2.45) is 5.92 Å². The molecule has 0 saturated carbocycles. The normalized spacial score (nSPS) is 17.0. The maximum absolute atomic E-state index is 14.6. The first-order valence-electron chi connectivity index (χ1n) is 15.7. The molecule has 46 heavy (non-hydrogen) atoms. The van der Waals surface area contributed by atoms with E-state index in [9.17, 15) is 19.5 Å². The van der Waals surface area contributed by atoms with Crippen LogP contribution >= 0.6 is 0 Å². The van der Waals surface area contributed by atoms with Crippen LogP contribution in [0.1, 0.15) is 37.0 Å². The number of allylic oxidation sites excluding steroid dienone is 4. The minimum Gasteiger partial charge on any atom is -0.480 e. The molecule has 2 aliphatic rings. The number of urea groups is 1. The number of nitrogens with zero attached hydrogens (tertiary/aromatic N) is 4. The fourth-order valence-corrected chi connectivity index (χ4v) is 6.76. The number of carbonyl (C=O) groups excluding carboxylic acids is 2. The van der Waals surface area contributed by atoms with E-state index in [-0.39, 0.29) is 23.9 Å². The van der Waals surface area contributed by atoms with Crippen LogP contribution < -0.4 is 0 Å². The minimum atomic E-state index is -1.04. The number of hydrogen-bond donors (Lipinski definition) is 1. The molecule has 3 aromatic rings. The molecule has 238 valence electrons. The third kappa shape index (κ3) is 6.07. The zero-order valence-corrected chi connectivity index (χ0v) is 26.9. The molecule has 1 saturated heterocycles. The molecular formula is C38H42N4O4. The van der Waals surface area contributed by atoms with Gasteiger partial charge in [0.25, 0.3) is 5.91 Å². The van der Waals surface area contributed by atoms with Gasteiger partial charge in [-0.05, 0) is 41.2 Å². The van der Waals surface area contributed by atoms with Crippen molar-refractivity contribution in [1.29, 1.82) is 0 Å². The zero-order chi connectivity index (χ0) is 32.8. The Bertz CT molecular complexity index is 1520. The highest BCUT2D eigenvalue weighted by Crippen LogP contribution is 2.45. The number of amides is 3. The molecule has 2 atom stereocenters. The lowest BCUT2D eigenvalue weighted by Gasteiger charge is -2.46. The minimum absolute atomic E-state index is 0.148. The van der Waals surface area contributed by atoms with Gasteiger partial charge in [0.15, 0.2) is 0 Å². The highest BCUT2D eigenvalue weighted by atomic mass is 16.4. The summed E-state index contributed by atoms with van der Waals surface area (Å²) in [7, 11) is 3.21. The molecule has 8 heteroatoms. The van der Waals surface area contributed by atoms with E-state index >= 15 is 0 Å². The van der Waals surface area contributed by atoms with E-state index in [0.717, 1.165) is 16.7 Å². The number of rotatable bonds is 9. The Morgan fingerprint density at radius 2 is 1.33 bits per heavy atom. The summed E-state index contributed by atoms with van der Waals surface area (Å²) < 4.78 is 0. The number of likely N-dealkylation sites (tertiary alicyclic amines) is 1. The molecule has 8 nitrogen and oxygen atoms in total. The van der Waals surface area contributed by atoms with Gasteiger partial charge in [-0.1, -0.05) is 117 Å². The SMILES string of the molecule is CC(C)[C@@H](C(=O)O)N(C)C(=O)N(C)[C@H]1CCN(C(=O)C2=CC=CC=CN2C(c2ccccc2)(c2ccccc2)c2ccccc2)C1. The van der Waals surface area contributed by atoms with Crippen LogP contribution in [0.4, 0.5) is 4.79 Å². The maximum atomic E-state index is 14.6. The van der Waals surface area contributed by atoms with Crippen molar-refractivity contribution in [1.82, 2.24) is 19.6 Å². The number of aliphatic carboxylic acids is 1. The molecule has 3 aromatic carbocycles. The molecule has 1 fully saturated rings. The number of carbonyl (C=O) groups is 3. The standard InChI is InChI=1S/C38H42N4O4/c1-28(2)34(36(44)45)40(4)37(46)39(3)32-24-26-41(27-32)35(43)33-23-15-8-16-25-42(33)38(29-17-9-5-10-18-29,30-19-11-6-12-20-30)31-21-13-7-14-22-31/h5-23,25,28,32,34H,24,26-27H2,1-4H3,(H,44,45)/t32-,34-/m0/s1. The molecule has 0 aliphatic carbocycles. The molecule has 0 bridgehead atoms. The van der Waals surface area contributed by atoms with Crippen molar-refractivity contribution in [2.75, 3.05) is 27.2 Å². The molecule has 0 spiro atoms. The Kier molecular flexibility index (Phi) is 9.75. The molecule has 1 N–H and O–H groups in total. The Hall–Kier alpha value is -5.11. The Balaban J connectivity index is 1.52. The summed E-state index contributed by atoms with van der Waals surface area (Å²) >= 11 is 0. The molecular weight excluding hydrogens is 576 g/mol. The van der Waals surface area contributed by atoms with Crippen molar-refractivity contribution in [3.63, 3.8) is 0 Å². The van der Waals surface area contributed by atoms with Gasteiger partial charge in [-0.2, -0.15) is 0 Å². The number of likely N-dealkylation sites (N-methyl/N-ethyl adjacent to an activating group) is 2. The Morgan fingerprint density at radius 1 is 0.804 bits per heavy atom. The summed E-state index contributed by atoms with van der Waals surface area (Å²) in [6.07, 6.45) is 10.2. The predicted molar refractivity (Wildman–Crippen MR) is 180 cm³/mol. The van der Waals surface area contributed by atoms with Crippen LogP contribution in [0.25, 0.3) is 0 Å². The second kappa shape index (κ2) is 13.9. The smallest absolute Gasteiger partial charge is 0.326 e. The lowest BCUT2D eigenvalue weighted by atomic mass is 9.75. The molecule has 3 amide bonds. The fraction of sp³-hybridized carbons (Fsp3) is 0.289. The zero-order valence-electron chi connectivity index (χ0n) is 26.9. The summed E-state index contributed by atoms with van der Waals surface area (Å²) in [5.74, 6) is -1.44. The van der Waals surface area contributed by atoms with Crippen LogP contribution in [-0.2, 0) is 15.1 Å². The van der Waals surface area contributed by atoms with Crippen molar-refractivity contribution >= 4 is 17.9 Å². The van der Waals surface area contributed by atoms with Gasteiger partial charge in [0.05, 0.1) is 6.04 Å². The number of carboxylic acid groups (broad SMARTS) is 1. The van der Waals surface area contributed by atoms with Gasteiger partial charge in [-0.25, -0.2) is 9.59 Å². The second-order valence-electron chi connectivity index (χ2n) is 12.2. The monoisotopic (exact) mass is 618 g/mol. The molecule has 0 aromatic heterocycles. The van der Waals surface area contributed by atoms with Gasteiger partial charge in [0.2, 0.25) is 0 Å². The van der Waals surface area contributed by atoms with Crippen LogP contribution in [0.2, 0.25) is 0 Å². The number of carboxylic acids is 1. The third-order valence-corrected chi connectivity index (χ3v) is 9.03. The lowest BCUT2D eigenvalue weighted by molar-refractivity contribution is -0.143. The van der Waals surface area contributed by atoms with Crippen LogP contribution in [0, 0.1) is 5.92 Å². The third-order valence-electron chi connectivity index (χ3n) is 9.03. The summed E-state index contributed by atoms with van der Waals surface area (Å²) in [5.41, 5.74) is 2.62. The van der Waals surface area contributed by atoms with Crippen molar-refractivity contribution in [3.05, 3.63) is 144 Å². The van der Waals surface area contributed by atoms with Crippen LogP contribution in [0.15, 0.2) is 127 Å². The molecule has 5 rings (SSSR count). The summed E-state index contributed by atoms with van der Waals surface area (Å²) in [6.45, 7) is 4.37. The van der Waals surface area contributed by atoms with Crippen molar-refractivity contribution < 1.29 is 19.5 Å². The average molecular weight is 619 g/mol. The molecule has 0 unspecified atom stereocenters. The highest BCUT2D eigenvalue weighted by Gasteiger charge is 2.45. The molecule has 2 aliphatic heterocycles. The fourth-order valence-electron chi connectivity index (χ4n) is 6.76. The molecule has 2 heterocycles. The Labute approximate surface area is 271 Å². The topological polar surface area (TPSA) is 84.4 Å². The van der Waals surface area contributed by atoms with E-state index in [0.29, 0.717) is 25.2 Å². The van der Waals surface area contributed by atoms with Crippen molar-refractivity contribution in [2.45, 2.75) is 37.9 Å². The van der Waals surface area contributed by atoms with Gasteiger partial charge in [-0.3, -0.25) is 4.79 Å². The van der Waals surface area contributed by atoms with E-state index in [1.807, 2.05) is 85.1 Å². The highest BCUT2D eigenvalue weighted by molar-refractivity contribution is 5.94. The maximum Gasteiger partial charge on any atom is 0.326 e. The lowest BCUT2D eigenvalue weighted by Crippen LogP contribution is -2.53. The van der Waals surface area contributed by atoms with Gasteiger partial charge in [0, 0.05) is 33.4 Å². The first kappa shape index (κ1) is 32.3.